The van der Waals surface area contributed by atoms with Crippen LogP contribution in [0.25, 0.3) is 0 Å². The molecule has 18 heavy (non-hydrogen) atoms. The van der Waals surface area contributed by atoms with E-state index in [1.54, 1.807) is 13.8 Å². The fraction of sp³-hybridized carbons (Fsp3) is 0.455. The zero-order valence-electron chi connectivity index (χ0n) is 10.3. The second kappa shape index (κ2) is 5.44. The molecule has 4 N–H and O–H groups in total. The molecular formula is C11H17ClN2O3S. The molecule has 0 bridgehead atoms. The minimum atomic E-state index is -3.76. The van der Waals surface area contributed by atoms with Crippen LogP contribution in [0.4, 0.5) is 5.69 Å². The van der Waals surface area contributed by atoms with Crippen molar-refractivity contribution in [3.63, 3.8) is 0 Å². The lowest BCUT2D eigenvalue weighted by Crippen LogP contribution is -2.44. The second-order valence-corrected chi connectivity index (χ2v) is 6.73. The lowest BCUT2D eigenvalue weighted by molar-refractivity contribution is 0.246. The van der Waals surface area contributed by atoms with Crippen LogP contribution in [-0.2, 0) is 10.0 Å². The zero-order chi connectivity index (χ0) is 14.0. The van der Waals surface area contributed by atoms with E-state index in [0.29, 0.717) is 11.4 Å². The molecule has 0 aliphatic heterocycles. The number of halogens is 1. The molecule has 0 amide bonds. The minimum Gasteiger partial charge on any atom is -0.398 e. The molecule has 0 radical (unpaired) electrons. The number of hydrogen-bond acceptors (Lipinski definition) is 4. The number of aliphatic hydroxyl groups excluding tert-OH is 1. The Morgan fingerprint density at radius 2 is 2.06 bits per heavy atom. The van der Waals surface area contributed by atoms with Gasteiger partial charge in [0, 0.05) is 17.2 Å². The number of sulfonamides is 1. The van der Waals surface area contributed by atoms with Gasteiger partial charge in [0.25, 0.3) is 0 Å². The lowest BCUT2D eigenvalue weighted by atomic mass is 10.0. The summed E-state index contributed by atoms with van der Waals surface area (Å²) in [7, 11) is -3.76. The average Bonchev–Trinajstić information content (AvgIpc) is 2.19. The summed E-state index contributed by atoms with van der Waals surface area (Å²) >= 11 is 5.77. The van der Waals surface area contributed by atoms with Gasteiger partial charge in [-0.15, -0.1) is 0 Å². The van der Waals surface area contributed by atoms with Gasteiger partial charge in [0.1, 0.15) is 4.90 Å². The first kappa shape index (κ1) is 15.2. The summed E-state index contributed by atoms with van der Waals surface area (Å²) in [4.78, 5) is -0.0546. The number of nitrogens with one attached hydrogen (secondary N) is 1. The Morgan fingerprint density at radius 3 is 2.61 bits per heavy atom. The van der Waals surface area contributed by atoms with E-state index in [4.69, 9.17) is 22.4 Å². The molecule has 0 aliphatic rings. The number of aliphatic hydroxyl groups is 1. The maximum atomic E-state index is 12.2. The standard InChI is InChI=1S/C11H17ClN2O3S/c1-11(2,5-6-15)14-18(16,17)10-7-8(12)3-4-9(10)13/h3-4,7,14-15H,5-6,13H2,1-2H3. The lowest BCUT2D eigenvalue weighted by Gasteiger charge is -2.25. The van der Waals surface area contributed by atoms with Crippen molar-refractivity contribution in [1.82, 2.24) is 4.72 Å². The van der Waals surface area contributed by atoms with Crippen LogP contribution < -0.4 is 10.5 Å². The first-order valence-corrected chi connectivity index (χ1v) is 7.24. The zero-order valence-corrected chi connectivity index (χ0v) is 11.8. The van der Waals surface area contributed by atoms with E-state index in [0.717, 1.165) is 0 Å². The summed E-state index contributed by atoms with van der Waals surface area (Å²) in [6, 6.07) is 4.26. The first-order chi connectivity index (χ1) is 8.18. The Hall–Kier alpha value is -0.820. The summed E-state index contributed by atoms with van der Waals surface area (Å²) in [6.07, 6.45) is 0.298. The van der Waals surface area contributed by atoms with Crippen LogP contribution >= 0.6 is 11.6 Å². The summed E-state index contributed by atoms with van der Waals surface area (Å²) in [5, 5.41) is 9.18. The van der Waals surface area contributed by atoms with Gasteiger partial charge in [-0.05, 0) is 38.5 Å². The molecule has 0 aliphatic carbocycles. The van der Waals surface area contributed by atoms with Crippen LogP contribution in [-0.4, -0.2) is 25.7 Å². The third-order valence-corrected chi connectivity index (χ3v) is 4.40. The van der Waals surface area contributed by atoms with E-state index < -0.39 is 15.6 Å². The smallest absolute Gasteiger partial charge is 0.243 e. The van der Waals surface area contributed by atoms with E-state index in [1.165, 1.54) is 18.2 Å². The van der Waals surface area contributed by atoms with Gasteiger partial charge in [0.2, 0.25) is 10.0 Å². The molecule has 0 saturated carbocycles. The number of rotatable bonds is 5. The number of nitrogens with two attached hydrogens (primary N) is 1. The Morgan fingerprint density at radius 1 is 1.44 bits per heavy atom. The maximum Gasteiger partial charge on any atom is 0.243 e. The number of hydrogen-bond donors (Lipinski definition) is 3. The Balaban J connectivity index is 3.11. The van der Waals surface area contributed by atoms with Crippen LogP contribution in [0.5, 0.6) is 0 Å². The monoisotopic (exact) mass is 292 g/mol. The van der Waals surface area contributed by atoms with Gasteiger partial charge in [0.05, 0.1) is 5.69 Å². The number of benzene rings is 1. The van der Waals surface area contributed by atoms with Crippen molar-refractivity contribution in [3.05, 3.63) is 23.2 Å². The van der Waals surface area contributed by atoms with Gasteiger partial charge in [-0.25, -0.2) is 13.1 Å². The Kier molecular flexibility index (Phi) is 4.61. The van der Waals surface area contributed by atoms with Crippen LogP contribution in [0, 0.1) is 0 Å². The van der Waals surface area contributed by atoms with Crippen LogP contribution in [0.1, 0.15) is 20.3 Å². The van der Waals surface area contributed by atoms with Gasteiger partial charge in [-0.3, -0.25) is 0 Å². The highest BCUT2D eigenvalue weighted by Crippen LogP contribution is 2.24. The van der Waals surface area contributed by atoms with Crippen molar-refractivity contribution in [3.8, 4) is 0 Å². The van der Waals surface area contributed by atoms with Crippen molar-refractivity contribution in [2.24, 2.45) is 0 Å². The van der Waals surface area contributed by atoms with Gasteiger partial charge in [-0.2, -0.15) is 0 Å². The molecule has 0 unspecified atom stereocenters. The van der Waals surface area contributed by atoms with E-state index in [1.807, 2.05) is 0 Å². The van der Waals surface area contributed by atoms with Gasteiger partial charge in [-0.1, -0.05) is 11.6 Å². The molecule has 1 aromatic carbocycles. The largest absolute Gasteiger partial charge is 0.398 e. The first-order valence-electron chi connectivity index (χ1n) is 5.38. The molecule has 1 rings (SSSR count). The third kappa shape index (κ3) is 3.84. The predicted octanol–water partition coefficient (Wildman–Crippen LogP) is 1.36. The van der Waals surface area contributed by atoms with Crippen LogP contribution in [0.15, 0.2) is 23.1 Å². The second-order valence-electron chi connectivity index (χ2n) is 4.65. The van der Waals surface area contributed by atoms with Gasteiger partial charge >= 0.3 is 0 Å². The van der Waals surface area contributed by atoms with Crippen LogP contribution in [0.2, 0.25) is 5.02 Å². The predicted molar refractivity (Wildman–Crippen MR) is 72.0 cm³/mol. The Labute approximate surface area is 112 Å². The summed E-state index contributed by atoms with van der Waals surface area (Å²) in [5.74, 6) is 0. The Bertz CT molecular complexity index is 529. The SMILES string of the molecule is CC(C)(CCO)NS(=O)(=O)c1cc(Cl)ccc1N. The molecule has 7 heteroatoms. The molecule has 0 saturated heterocycles. The maximum absolute atomic E-state index is 12.2. The fourth-order valence-corrected chi connectivity index (χ4v) is 3.33. The quantitative estimate of drug-likeness (QED) is 0.715. The van der Waals surface area contributed by atoms with Gasteiger partial charge in [0.15, 0.2) is 0 Å². The molecular weight excluding hydrogens is 276 g/mol. The van der Waals surface area contributed by atoms with Crippen molar-refractivity contribution >= 4 is 27.3 Å². The molecule has 1 aromatic rings. The highest BCUT2D eigenvalue weighted by Gasteiger charge is 2.27. The number of anilines is 1. The molecule has 102 valence electrons. The molecule has 0 heterocycles. The van der Waals surface area contributed by atoms with E-state index >= 15 is 0 Å². The molecule has 0 spiro atoms. The van der Waals surface area contributed by atoms with Crippen LogP contribution in [0.3, 0.4) is 0 Å². The van der Waals surface area contributed by atoms with Crippen molar-refractivity contribution < 1.29 is 13.5 Å². The van der Waals surface area contributed by atoms with Gasteiger partial charge < -0.3 is 10.8 Å². The highest BCUT2D eigenvalue weighted by molar-refractivity contribution is 7.89. The molecule has 5 nitrogen and oxygen atoms in total. The minimum absolute atomic E-state index is 0.0546. The molecule has 0 atom stereocenters. The number of nitrogen functional groups attached to an aromatic ring is 1. The summed E-state index contributed by atoms with van der Waals surface area (Å²) in [6.45, 7) is 3.25. The third-order valence-electron chi connectivity index (χ3n) is 2.41. The normalized spacial score (nSPS) is 12.7. The molecule has 0 fully saturated rings. The topological polar surface area (TPSA) is 92.4 Å². The van der Waals surface area contributed by atoms with Crippen molar-refractivity contribution in [2.45, 2.75) is 30.7 Å². The van der Waals surface area contributed by atoms with E-state index in [-0.39, 0.29) is 17.2 Å². The van der Waals surface area contributed by atoms with E-state index in [2.05, 4.69) is 4.72 Å². The summed E-state index contributed by atoms with van der Waals surface area (Å²) < 4.78 is 26.8. The highest BCUT2D eigenvalue weighted by atomic mass is 35.5. The van der Waals surface area contributed by atoms with Crippen molar-refractivity contribution in [1.29, 1.82) is 0 Å². The molecule has 0 aromatic heterocycles. The van der Waals surface area contributed by atoms with E-state index in [9.17, 15) is 8.42 Å². The fourth-order valence-electron chi connectivity index (χ4n) is 1.49. The average molecular weight is 293 g/mol. The summed E-state index contributed by atoms with van der Waals surface area (Å²) in [5.41, 5.74) is 5.01. The van der Waals surface area contributed by atoms with Crippen molar-refractivity contribution in [2.75, 3.05) is 12.3 Å².